The molecule has 1 aromatic heterocycles. The van der Waals surface area contributed by atoms with Crippen molar-refractivity contribution in [1.29, 1.82) is 0 Å². The van der Waals surface area contributed by atoms with Crippen molar-refractivity contribution in [1.82, 2.24) is 4.98 Å². The molecule has 2 rings (SSSR count). The second-order valence-electron chi connectivity index (χ2n) is 3.99. The van der Waals surface area contributed by atoms with Gasteiger partial charge in [-0.3, -0.25) is 9.78 Å². The van der Waals surface area contributed by atoms with E-state index in [1.807, 2.05) is 6.92 Å². The molecule has 86 valence electrons. The third-order valence-corrected chi connectivity index (χ3v) is 4.87. The van der Waals surface area contributed by atoms with Gasteiger partial charge in [0.2, 0.25) is 5.91 Å². The van der Waals surface area contributed by atoms with E-state index in [0.717, 1.165) is 28.8 Å². The molecule has 1 amide bonds. The van der Waals surface area contributed by atoms with Crippen LogP contribution in [0.1, 0.15) is 19.8 Å². The Morgan fingerprint density at radius 3 is 3.12 bits per heavy atom. The lowest BCUT2D eigenvalue weighted by atomic mass is 10.0. The molecular weight excluding hydrogens is 288 g/mol. The van der Waals surface area contributed by atoms with Crippen LogP contribution in [0.5, 0.6) is 0 Å². The predicted molar refractivity (Wildman–Crippen MR) is 70.7 cm³/mol. The minimum Gasteiger partial charge on any atom is -0.324 e. The van der Waals surface area contributed by atoms with Crippen LogP contribution in [0.25, 0.3) is 0 Å². The van der Waals surface area contributed by atoms with Gasteiger partial charge in [0, 0.05) is 12.4 Å². The Balaban J connectivity index is 2.10. The summed E-state index contributed by atoms with van der Waals surface area (Å²) in [5, 5.41) is 2.95. The molecule has 1 N–H and O–H groups in total. The molecule has 0 radical (unpaired) electrons. The first kappa shape index (κ1) is 11.9. The molecule has 1 aromatic rings. The average molecular weight is 301 g/mol. The summed E-state index contributed by atoms with van der Waals surface area (Å²) in [6, 6.07) is 1.80. The second kappa shape index (κ2) is 4.75. The fourth-order valence-corrected chi connectivity index (χ4v) is 3.25. The molecule has 1 atom stereocenters. The van der Waals surface area contributed by atoms with E-state index in [9.17, 15) is 4.79 Å². The van der Waals surface area contributed by atoms with Crippen LogP contribution < -0.4 is 5.32 Å². The van der Waals surface area contributed by atoms with Crippen LogP contribution in [-0.2, 0) is 4.79 Å². The second-order valence-corrected chi connectivity index (χ2v) is 6.44. The standard InChI is InChI=1S/C11H13BrN2OS/c1-11(4-2-6-16-11)10(15)14-9-3-5-13-7-8(9)12/h3,5,7H,2,4,6H2,1H3,(H,13,14,15). The molecule has 0 aliphatic carbocycles. The topological polar surface area (TPSA) is 42.0 Å². The van der Waals surface area contributed by atoms with Gasteiger partial charge in [-0.2, -0.15) is 0 Å². The number of amides is 1. The molecule has 1 aliphatic rings. The van der Waals surface area contributed by atoms with Crippen LogP contribution in [0.3, 0.4) is 0 Å². The fourth-order valence-electron chi connectivity index (χ4n) is 1.69. The van der Waals surface area contributed by atoms with E-state index in [1.165, 1.54) is 0 Å². The summed E-state index contributed by atoms with van der Waals surface area (Å²) in [5.41, 5.74) is 0.786. The number of anilines is 1. The van der Waals surface area contributed by atoms with Gasteiger partial charge in [-0.05, 0) is 47.5 Å². The molecule has 16 heavy (non-hydrogen) atoms. The van der Waals surface area contributed by atoms with Crippen molar-refractivity contribution >= 4 is 39.3 Å². The predicted octanol–water partition coefficient (Wildman–Crippen LogP) is 3.07. The average Bonchev–Trinajstić information content (AvgIpc) is 2.70. The first-order chi connectivity index (χ1) is 7.62. The van der Waals surface area contributed by atoms with E-state index < -0.39 is 0 Å². The van der Waals surface area contributed by atoms with Crippen LogP contribution in [0.4, 0.5) is 5.69 Å². The number of pyridine rings is 1. The minimum absolute atomic E-state index is 0.0851. The van der Waals surface area contributed by atoms with Crippen molar-refractivity contribution in [2.24, 2.45) is 0 Å². The number of hydrogen-bond donors (Lipinski definition) is 1. The Kier molecular flexibility index (Phi) is 3.54. The van der Waals surface area contributed by atoms with Crippen molar-refractivity contribution in [2.75, 3.05) is 11.1 Å². The highest BCUT2D eigenvalue weighted by Gasteiger charge is 2.37. The zero-order valence-corrected chi connectivity index (χ0v) is 11.4. The number of hydrogen-bond acceptors (Lipinski definition) is 3. The van der Waals surface area contributed by atoms with Gasteiger partial charge in [0.25, 0.3) is 0 Å². The van der Waals surface area contributed by atoms with E-state index in [1.54, 1.807) is 30.2 Å². The first-order valence-corrected chi connectivity index (χ1v) is 6.95. The highest BCUT2D eigenvalue weighted by atomic mass is 79.9. The Morgan fingerprint density at radius 1 is 1.69 bits per heavy atom. The SMILES string of the molecule is CC1(C(=O)Nc2ccncc2Br)CCCS1. The number of aromatic nitrogens is 1. The molecule has 0 spiro atoms. The molecule has 0 aromatic carbocycles. The lowest BCUT2D eigenvalue weighted by Crippen LogP contribution is -2.34. The van der Waals surface area contributed by atoms with Crippen molar-refractivity contribution in [3.8, 4) is 0 Å². The Bertz CT molecular complexity index is 405. The van der Waals surface area contributed by atoms with E-state index >= 15 is 0 Å². The van der Waals surface area contributed by atoms with Crippen molar-refractivity contribution in [3.05, 3.63) is 22.9 Å². The van der Waals surface area contributed by atoms with Gasteiger partial charge in [-0.25, -0.2) is 0 Å². The van der Waals surface area contributed by atoms with Crippen molar-refractivity contribution in [2.45, 2.75) is 24.5 Å². The third-order valence-electron chi connectivity index (χ3n) is 2.72. The van der Waals surface area contributed by atoms with E-state index in [-0.39, 0.29) is 10.7 Å². The lowest BCUT2D eigenvalue weighted by molar-refractivity contribution is -0.118. The number of rotatable bonds is 2. The summed E-state index contributed by atoms with van der Waals surface area (Å²) in [6.45, 7) is 2.01. The number of halogens is 1. The van der Waals surface area contributed by atoms with Crippen LogP contribution in [0.2, 0.25) is 0 Å². The molecule has 1 unspecified atom stereocenters. The summed E-state index contributed by atoms with van der Waals surface area (Å²) >= 11 is 5.10. The molecule has 1 fully saturated rings. The zero-order chi connectivity index (χ0) is 11.6. The van der Waals surface area contributed by atoms with E-state index in [2.05, 4.69) is 26.2 Å². The molecule has 1 saturated heterocycles. The molecule has 1 aliphatic heterocycles. The van der Waals surface area contributed by atoms with Crippen LogP contribution in [0, 0.1) is 0 Å². The first-order valence-electron chi connectivity index (χ1n) is 5.17. The monoisotopic (exact) mass is 300 g/mol. The van der Waals surface area contributed by atoms with Crippen LogP contribution in [0.15, 0.2) is 22.9 Å². The van der Waals surface area contributed by atoms with Gasteiger partial charge >= 0.3 is 0 Å². The Hall–Kier alpha value is -0.550. The summed E-state index contributed by atoms with van der Waals surface area (Å²) in [4.78, 5) is 16.1. The van der Waals surface area contributed by atoms with Gasteiger partial charge in [0.15, 0.2) is 0 Å². The van der Waals surface area contributed by atoms with E-state index in [0.29, 0.717) is 0 Å². The highest BCUT2D eigenvalue weighted by molar-refractivity contribution is 9.10. The van der Waals surface area contributed by atoms with Gasteiger partial charge in [0.05, 0.1) is 14.9 Å². The molecular formula is C11H13BrN2OS. The summed E-state index contributed by atoms with van der Waals surface area (Å²) < 4.78 is 0.540. The highest BCUT2D eigenvalue weighted by Crippen LogP contribution is 2.38. The van der Waals surface area contributed by atoms with Gasteiger partial charge in [-0.1, -0.05) is 0 Å². The largest absolute Gasteiger partial charge is 0.324 e. The number of nitrogens with one attached hydrogen (secondary N) is 1. The normalized spacial score (nSPS) is 24.4. The molecule has 2 heterocycles. The maximum atomic E-state index is 12.1. The number of carbonyl (C=O) groups excluding carboxylic acids is 1. The van der Waals surface area contributed by atoms with Crippen molar-refractivity contribution in [3.63, 3.8) is 0 Å². The lowest BCUT2D eigenvalue weighted by Gasteiger charge is -2.21. The number of thioether (sulfide) groups is 1. The molecule has 5 heteroatoms. The summed E-state index contributed by atoms with van der Waals surface area (Å²) in [5.74, 6) is 1.16. The minimum atomic E-state index is -0.275. The third kappa shape index (κ3) is 2.40. The molecule has 3 nitrogen and oxygen atoms in total. The summed E-state index contributed by atoms with van der Waals surface area (Å²) in [6.07, 6.45) is 5.42. The number of nitrogens with zero attached hydrogens (tertiary/aromatic N) is 1. The van der Waals surface area contributed by atoms with Gasteiger partial charge < -0.3 is 5.32 Å². The van der Waals surface area contributed by atoms with Crippen molar-refractivity contribution < 1.29 is 4.79 Å². The molecule has 0 bridgehead atoms. The zero-order valence-electron chi connectivity index (χ0n) is 9.00. The van der Waals surface area contributed by atoms with E-state index in [4.69, 9.17) is 0 Å². The van der Waals surface area contributed by atoms with Gasteiger partial charge in [0.1, 0.15) is 0 Å². The Morgan fingerprint density at radius 2 is 2.50 bits per heavy atom. The smallest absolute Gasteiger partial charge is 0.240 e. The Labute approximate surface area is 108 Å². The summed E-state index contributed by atoms with van der Waals surface area (Å²) in [7, 11) is 0. The van der Waals surface area contributed by atoms with Gasteiger partial charge in [-0.15, -0.1) is 11.8 Å². The van der Waals surface area contributed by atoms with Crippen LogP contribution >= 0.6 is 27.7 Å². The molecule has 0 saturated carbocycles. The fraction of sp³-hybridized carbons (Fsp3) is 0.455. The quantitative estimate of drug-likeness (QED) is 0.913. The number of carbonyl (C=O) groups is 1. The van der Waals surface area contributed by atoms with Crippen LogP contribution in [-0.4, -0.2) is 21.4 Å². The maximum Gasteiger partial charge on any atom is 0.240 e. The maximum absolute atomic E-state index is 12.1.